The van der Waals surface area contributed by atoms with Gasteiger partial charge in [-0.15, -0.1) is 0 Å². The number of carbonyl (C=O) groups is 3. The van der Waals surface area contributed by atoms with Crippen LogP contribution in [0.1, 0.15) is 10.5 Å². The number of alkyl halides is 2. The van der Waals surface area contributed by atoms with E-state index in [1.807, 2.05) is 0 Å². The maximum absolute atomic E-state index is 14.9. The molecular weight excluding hydrogens is 514 g/mol. The molecule has 5 rings (SSSR count). The van der Waals surface area contributed by atoms with Crippen molar-refractivity contribution < 1.29 is 36.7 Å². The molecule has 1 atom stereocenters. The van der Waals surface area contributed by atoms with E-state index in [0.717, 1.165) is 17.0 Å². The number of aromatic nitrogens is 3. The lowest BCUT2D eigenvalue weighted by atomic mass is 10.2. The van der Waals surface area contributed by atoms with E-state index < -0.39 is 42.7 Å². The number of piperazine rings is 1. The molecule has 2 saturated heterocycles. The highest BCUT2D eigenvalue weighted by Crippen LogP contribution is 2.32. The molecule has 0 radical (unpaired) electrons. The molecule has 4 heterocycles. The zero-order valence-corrected chi connectivity index (χ0v) is 19.7. The Morgan fingerprint density at radius 1 is 1.13 bits per heavy atom. The molecule has 15 heteroatoms. The Morgan fingerprint density at radius 2 is 1.84 bits per heavy atom. The molecule has 11 nitrogen and oxygen atoms in total. The van der Waals surface area contributed by atoms with Crippen molar-refractivity contribution in [1.82, 2.24) is 24.6 Å². The molecule has 3 aromatic rings. The van der Waals surface area contributed by atoms with Crippen LogP contribution in [0.5, 0.6) is 0 Å². The van der Waals surface area contributed by atoms with E-state index in [1.165, 1.54) is 22.2 Å². The van der Waals surface area contributed by atoms with Gasteiger partial charge in [-0.1, -0.05) is 0 Å². The minimum atomic E-state index is -2.92. The van der Waals surface area contributed by atoms with Gasteiger partial charge in [-0.2, -0.15) is 0 Å². The molecule has 0 spiro atoms. The molecule has 0 saturated carbocycles. The van der Waals surface area contributed by atoms with E-state index in [1.54, 1.807) is 16.8 Å². The molecule has 38 heavy (non-hydrogen) atoms. The summed E-state index contributed by atoms with van der Waals surface area (Å²) in [6.45, 7) is -0.320. The van der Waals surface area contributed by atoms with E-state index in [0.29, 0.717) is 5.65 Å². The Labute approximate surface area is 212 Å². The smallest absolute Gasteiger partial charge is 0.414 e. The molecule has 1 N–H and O–H groups in total. The number of imidazole rings is 1. The van der Waals surface area contributed by atoms with Crippen molar-refractivity contribution in [3.63, 3.8) is 0 Å². The molecular formula is C23H21F4N7O4. The summed E-state index contributed by atoms with van der Waals surface area (Å²) >= 11 is 0. The van der Waals surface area contributed by atoms with Gasteiger partial charge in [0.15, 0.2) is 23.4 Å². The fourth-order valence-electron chi connectivity index (χ4n) is 4.33. The number of cyclic esters (lactones) is 1. The molecule has 2 aliphatic rings. The first-order chi connectivity index (χ1) is 18.2. The average Bonchev–Trinajstić information content (AvgIpc) is 3.51. The van der Waals surface area contributed by atoms with Gasteiger partial charge < -0.3 is 24.3 Å². The minimum absolute atomic E-state index is 0.103. The first kappa shape index (κ1) is 25.2. The first-order valence-electron chi connectivity index (χ1n) is 11.6. The number of benzene rings is 1. The van der Waals surface area contributed by atoms with Gasteiger partial charge in [0.1, 0.15) is 11.4 Å². The Balaban J connectivity index is 1.17. The molecule has 1 unspecified atom stereocenters. The van der Waals surface area contributed by atoms with Crippen LogP contribution in [0.15, 0.2) is 36.9 Å². The topological polar surface area (TPSA) is 112 Å². The quantitative estimate of drug-likeness (QED) is 0.478. The number of amides is 3. The van der Waals surface area contributed by atoms with Gasteiger partial charge >= 0.3 is 6.09 Å². The highest BCUT2D eigenvalue weighted by atomic mass is 19.3. The van der Waals surface area contributed by atoms with Gasteiger partial charge in [0.2, 0.25) is 5.91 Å². The number of hydrogen-bond acceptors (Lipinski definition) is 7. The van der Waals surface area contributed by atoms with Crippen molar-refractivity contribution in [2.45, 2.75) is 12.5 Å². The van der Waals surface area contributed by atoms with Crippen molar-refractivity contribution in [2.24, 2.45) is 0 Å². The first-order valence-corrected chi connectivity index (χ1v) is 11.6. The third-order valence-corrected chi connectivity index (χ3v) is 6.28. The fraction of sp³-hybridized carbons (Fsp3) is 0.348. The third-order valence-electron chi connectivity index (χ3n) is 6.28. The number of carbonyl (C=O) groups excluding carboxylic acids is 3. The Morgan fingerprint density at radius 3 is 2.47 bits per heavy atom. The number of nitrogens with zero attached hydrogens (tertiary/aromatic N) is 6. The van der Waals surface area contributed by atoms with Crippen molar-refractivity contribution in [3.8, 4) is 0 Å². The molecule has 1 aromatic carbocycles. The molecule has 2 aliphatic heterocycles. The number of ether oxygens (including phenoxy) is 1. The summed E-state index contributed by atoms with van der Waals surface area (Å²) in [5.74, 6) is -2.88. The van der Waals surface area contributed by atoms with Gasteiger partial charge in [0.25, 0.3) is 12.3 Å². The lowest BCUT2D eigenvalue weighted by Crippen LogP contribution is -2.51. The third kappa shape index (κ3) is 4.90. The van der Waals surface area contributed by atoms with Crippen LogP contribution in [0.25, 0.3) is 5.65 Å². The molecule has 2 aromatic heterocycles. The Kier molecular flexibility index (Phi) is 6.73. The van der Waals surface area contributed by atoms with Crippen LogP contribution in [0, 0.1) is 11.6 Å². The Hall–Kier alpha value is -4.43. The SMILES string of the molecule is O=C(NCC(=O)N1CCN(c2c(F)cc(N3CC(C(F)F)OC3=O)cc2F)CC1)c1cn2ccncc2n1. The average molecular weight is 535 g/mol. The Bertz CT molecular complexity index is 1340. The second-order valence-corrected chi connectivity index (χ2v) is 8.64. The van der Waals surface area contributed by atoms with Crippen LogP contribution in [0.3, 0.4) is 0 Å². The fourth-order valence-corrected chi connectivity index (χ4v) is 4.33. The normalized spacial score (nSPS) is 17.9. The summed E-state index contributed by atoms with van der Waals surface area (Å²) in [4.78, 5) is 48.5. The van der Waals surface area contributed by atoms with E-state index in [2.05, 4.69) is 20.0 Å². The van der Waals surface area contributed by atoms with Crippen molar-refractivity contribution in [1.29, 1.82) is 0 Å². The van der Waals surface area contributed by atoms with E-state index in [-0.39, 0.29) is 55.7 Å². The number of anilines is 2. The maximum atomic E-state index is 14.9. The zero-order valence-electron chi connectivity index (χ0n) is 19.7. The molecule has 0 aliphatic carbocycles. The maximum Gasteiger partial charge on any atom is 0.414 e. The van der Waals surface area contributed by atoms with Crippen LogP contribution in [0.2, 0.25) is 0 Å². The predicted molar refractivity (Wildman–Crippen MR) is 124 cm³/mol. The summed E-state index contributed by atoms with van der Waals surface area (Å²) in [5.41, 5.74) is 0.0130. The van der Waals surface area contributed by atoms with E-state index in [9.17, 15) is 31.9 Å². The summed E-state index contributed by atoms with van der Waals surface area (Å²) in [7, 11) is 0. The standard InChI is InChI=1S/C23H21F4N7O4/c24-14-7-13(34-12-17(21(26)27)38-23(34)37)8-15(25)20(14)32-5-3-31(4-6-32)19(35)10-29-22(36)16-11-33-2-1-28-9-18(33)30-16/h1-2,7-9,11,17,21H,3-6,10,12H2,(H,29,36). The van der Waals surface area contributed by atoms with Crippen LogP contribution >= 0.6 is 0 Å². The number of hydrogen-bond donors (Lipinski definition) is 1. The van der Waals surface area contributed by atoms with Crippen LogP contribution < -0.4 is 15.1 Å². The number of rotatable bonds is 6. The summed E-state index contributed by atoms with van der Waals surface area (Å²) < 4.78 is 61.6. The lowest BCUT2D eigenvalue weighted by Gasteiger charge is -2.36. The number of fused-ring (bicyclic) bond motifs is 1. The molecule has 3 amide bonds. The predicted octanol–water partition coefficient (Wildman–Crippen LogP) is 1.68. The second kappa shape index (κ2) is 10.1. The monoisotopic (exact) mass is 535 g/mol. The highest BCUT2D eigenvalue weighted by molar-refractivity contribution is 5.95. The molecule has 0 bridgehead atoms. The summed E-state index contributed by atoms with van der Waals surface area (Å²) in [6.07, 6.45) is 0.456. The number of nitrogens with one attached hydrogen (secondary N) is 1. The van der Waals surface area contributed by atoms with Crippen LogP contribution in [0.4, 0.5) is 33.7 Å². The van der Waals surface area contributed by atoms with Crippen molar-refractivity contribution >= 4 is 34.9 Å². The van der Waals surface area contributed by atoms with Crippen molar-refractivity contribution in [2.75, 3.05) is 49.1 Å². The van der Waals surface area contributed by atoms with Gasteiger partial charge in [0, 0.05) is 56.9 Å². The van der Waals surface area contributed by atoms with Crippen LogP contribution in [-0.4, -0.2) is 89.0 Å². The largest absolute Gasteiger partial charge is 0.438 e. The molecule has 2 fully saturated rings. The summed E-state index contributed by atoms with van der Waals surface area (Å²) in [5, 5.41) is 2.52. The summed E-state index contributed by atoms with van der Waals surface area (Å²) in [6, 6.07) is 1.77. The van der Waals surface area contributed by atoms with Gasteiger partial charge in [-0.05, 0) is 0 Å². The zero-order chi connectivity index (χ0) is 27.0. The van der Waals surface area contributed by atoms with Gasteiger partial charge in [-0.3, -0.25) is 19.5 Å². The second-order valence-electron chi connectivity index (χ2n) is 8.64. The van der Waals surface area contributed by atoms with Crippen molar-refractivity contribution in [3.05, 3.63) is 54.2 Å². The van der Waals surface area contributed by atoms with Crippen LogP contribution in [-0.2, 0) is 9.53 Å². The lowest BCUT2D eigenvalue weighted by molar-refractivity contribution is -0.130. The number of halogens is 4. The van der Waals surface area contributed by atoms with Gasteiger partial charge in [0.05, 0.1) is 25.0 Å². The highest BCUT2D eigenvalue weighted by Gasteiger charge is 2.39. The van der Waals surface area contributed by atoms with E-state index >= 15 is 0 Å². The minimum Gasteiger partial charge on any atom is -0.438 e. The van der Waals surface area contributed by atoms with Gasteiger partial charge in [-0.25, -0.2) is 27.3 Å². The van der Waals surface area contributed by atoms with E-state index in [4.69, 9.17) is 0 Å². The molecule has 200 valence electrons.